The van der Waals surface area contributed by atoms with Gasteiger partial charge in [0.1, 0.15) is 5.82 Å². The number of hydrogen-bond acceptors (Lipinski definition) is 3. The first-order chi connectivity index (χ1) is 8.56. The van der Waals surface area contributed by atoms with Crippen molar-refractivity contribution in [2.24, 2.45) is 5.92 Å². The molecule has 1 aliphatic rings. The van der Waals surface area contributed by atoms with E-state index in [0.717, 1.165) is 12.3 Å². The van der Waals surface area contributed by atoms with Crippen LogP contribution in [0.25, 0.3) is 0 Å². The maximum absolute atomic E-state index is 12.9. The van der Waals surface area contributed by atoms with Gasteiger partial charge in [-0.3, -0.25) is 14.6 Å². The molecule has 96 valence electrons. The van der Waals surface area contributed by atoms with E-state index < -0.39 is 5.82 Å². The fraction of sp³-hybridized carbons (Fsp3) is 0.417. The molecule has 5 nitrogen and oxygen atoms in total. The Hall–Kier alpha value is -1.98. The maximum atomic E-state index is 12.9. The van der Waals surface area contributed by atoms with E-state index >= 15 is 0 Å². The molecular formula is C12H14FN3O2. The average molecular weight is 251 g/mol. The van der Waals surface area contributed by atoms with E-state index in [2.05, 4.69) is 10.3 Å². The van der Waals surface area contributed by atoms with Crippen molar-refractivity contribution in [3.63, 3.8) is 0 Å². The molecule has 1 aliphatic heterocycles. The van der Waals surface area contributed by atoms with Crippen LogP contribution in [0.2, 0.25) is 0 Å². The predicted molar refractivity (Wildman–Crippen MR) is 62.3 cm³/mol. The lowest BCUT2D eigenvalue weighted by Crippen LogP contribution is -2.30. The van der Waals surface area contributed by atoms with E-state index in [1.807, 2.05) is 0 Å². The van der Waals surface area contributed by atoms with Gasteiger partial charge in [-0.1, -0.05) is 0 Å². The van der Waals surface area contributed by atoms with Gasteiger partial charge in [-0.15, -0.1) is 0 Å². The zero-order valence-corrected chi connectivity index (χ0v) is 10.0. The summed E-state index contributed by atoms with van der Waals surface area (Å²) in [6.45, 7) is 1.05. The highest BCUT2D eigenvalue weighted by molar-refractivity contribution is 5.93. The first-order valence-corrected chi connectivity index (χ1v) is 5.69. The topological polar surface area (TPSA) is 62.3 Å². The summed E-state index contributed by atoms with van der Waals surface area (Å²) < 4.78 is 12.9. The summed E-state index contributed by atoms with van der Waals surface area (Å²) in [6, 6.07) is 1.13. The van der Waals surface area contributed by atoms with E-state index in [0.29, 0.717) is 19.5 Å². The molecule has 2 rings (SSSR count). The van der Waals surface area contributed by atoms with Gasteiger partial charge in [0, 0.05) is 38.7 Å². The molecule has 0 spiro atoms. The molecule has 1 N–H and O–H groups in total. The molecule has 0 saturated carbocycles. The van der Waals surface area contributed by atoms with Gasteiger partial charge in [-0.2, -0.15) is 0 Å². The Kier molecular flexibility index (Phi) is 3.55. The lowest BCUT2D eigenvalue weighted by molar-refractivity contribution is -0.126. The molecule has 1 unspecified atom stereocenters. The van der Waals surface area contributed by atoms with Crippen LogP contribution in [0.1, 0.15) is 16.8 Å². The Labute approximate surface area is 104 Å². The van der Waals surface area contributed by atoms with Crippen LogP contribution in [0.5, 0.6) is 0 Å². The van der Waals surface area contributed by atoms with Crippen LogP contribution < -0.4 is 5.32 Å². The second kappa shape index (κ2) is 5.12. The fourth-order valence-electron chi connectivity index (χ4n) is 1.97. The number of likely N-dealkylation sites (tertiary alicyclic amines) is 1. The van der Waals surface area contributed by atoms with Gasteiger partial charge in [0.05, 0.1) is 11.8 Å². The van der Waals surface area contributed by atoms with Gasteiger partial charge in [-0.25, -0.2) is 4.39 Å². The van der Waals surface area contributed by atoms with Gasteiger partial charge < -0.3 is 10.2 Å². The molecule has 0 aromatic carbocycles. The zero-order chi connectivity index (χ0) is 13.1. The summed E-state index contributed by atoms with van der Waals surface area (Å²) >= 11 is 0. The molecule has 1 aromatic heterocycles. The number of halogens is 1. The molecule has 6 heteroatoms. The van der Waals surface area contributed by atoms with Crippen molar-refractivity contribution in [1.82, 2.24) is 15.2 Å². The minimum absolute atomic E-state index is 0.0849. The van der Waals surface area contributed by atoms with Crippen LogP contribution >= 0.6 is 0 Å². The van der Waals surface area contributed by atoms with Crippen molar-refractivity contribution in [2.75, 3.05) is 20.1 Å². The summed E-state index contributed by atoms with van der Waals surface area (Å²) in [6.07, 6.45) is 2.80. The van der Waals surface area contributed by atoms with Gasteiger partial charge in [0.2, 0.25) is 5.91 Å². The number of nitrogens with zero attached hydrogens (tertiary/aromatic N) is 2. The fourth-order valence-corrected chi connectivity index (χ4v) is 1.97. The van der Waals surface area contributed by atoms with Crippen molar-refractivity contribution in [3.8, 4) is 0 Å². The number of hydrogen-bond donors (Lipinski definition) is 1. The SMILES string of the molecule is CN1CC(CNC(=O)c2cncc(F)c2)CC1=O. The molecule has 2 amide bonds. The number of carbonyl (C=O) groups is 2. The smallest absolute Gasteiger partial charge is 0.252 e. The Balaban J connectivity index is 1.87. The zero-order valence-electron chi connectivity index (χ0n) is 10.0. The van der Waals surface area contributed by atoms with Crippen LogP contribution in [0.3, 0.4) is 0 Å². The first-order valence-electron chi connectivity index (χ1n) is 5.69. The van der Waals surface area contributed by atoms with Gasteiger partial charge in [0.15, 0.2) is 0 Å². The van der Waals surface area contributed by atoms with Crippen molar-refractivity contribution >= 4 is 11.8 Å². The molecule has 0 radical (unpaired) electrons. The van der Waals surface area contributed by atoms with E-state index in [-0.39, 0.29) is 23.3 Å². The molecule has 0 bridgehead atoms. The monoisotopic (exact) mass is 251 g/mol. The Bertz CT molecular complexity index is 478. The van der Waals surface area contributed by atoms with Crippen LogP contribution in [0.15, 0.2) is 18.5 Å². The second-order valence-electron chi connectivity index (χ2n) is 4.45. The Morgan fingerprint density at radius 1 is 1.61 bits per heavy atom. The summed E-state index contributed by atoms with van der Waals surface area (Å²) in [7, 11) is 1.74. The van der Waals surface area contributed by atoms with E-state index in [1.54, 1.807) is 11.9 Å². The van der Waals surface area contributed by atoms with Crippen molar-refractivity contribution in [1.29, 1.82) is 0 Å². The van der Waals surface area contributed by atoms with E-state index in [4.69, 9.17) is 0 Å². The highest BCUT2D eigenvalue weighted by atomic mass is 19.1. The van der Waals surface area contributed by atoms with Crippen molar-refractivity contribution in [3.05, 3.63) is 29.8 Å². The van der Waals surface area contributed by atoms with Crippen LogP contribution in [0, 0.1) is 11.7 Å². The summed E-state index contributed by atoms with van der Waals surface area (Å²) in [5.41, 5.74) is 0.188. The Morgan fingerprint density at radius 2 is 2.39 bits per heavy atom. The highest BCUT2D eigenvalue weighted by Crippen LogP contribution is 2.14. The molecule has 18 heavy (non-hydrogen) atoms. The highest BCUT2D eigenvalue weighted by Gasteiger charge is 2.26. The molecule has 1 aromatic rings. The van der Waals surface area contributed by atoms with Crippen LogP contribution in [-0.4, -0.2) is 41.8 Å². The lowest BCUT2D eigenvalue weighted by atomic mass is 10.1. The average Bonchev–Trinajstić information content (AvgIpc) is 2.66. The van der Waals surface area contributed by atoms with Crippen molar-refractivity contribution in [2.45, 2.75) is 6.42 Å². The predicted octanol–water partition coefficient (Wildman–Crippen LogP) is 0.429. The minimum atomic E-state index is -0.543. The number of nitrogens with one attached hydrogen (secondary N) is 1. The van der Waals surface area contributed by atoms with E-state index in [1.165, 1.54) is 6.20 Å². The number of aromatic nitrogens is 1. The van der Waals surface area contributed by atoms with Crippen LogP contribution in [0.4, 0.5) is 4.39 Å². The summed E-state index contributed by atoms with van der Waals surface area (Å²) in [5, 5.41) is 2.68. The molecule has 0 aliphatic carbocycles. The number of pyridine rings is 1. The molecule has 1 fully saturated rings. The second-order valence-corrected chi connectivity index (χ2v) is 4.45. The third-order valence-electron chi connectivity index (χ3n) is 2.94. The van der Waals surface area contributed by atoms with Crippen molar-refractivity contribution < 1.29 is 14.0 Å². The standard InChI is InChI=1S/C12H14FN3O2/c1-16-7-8(2-11(16)17)4-15-12(18)9-3-10(13)6-14-5-9/h3,5-6,8H,2,4,7H2,1H3,(H,15,18). The third kappa shape index (κ3) is 2.82. The summed E-state index contributed by atoms with van der Waals surface area (Å²) in [4.78, 5) is 28.2. The third-order valence-corrected chi connectivity index (χ3v) is 2.94. The van der Waals surface area contributed by atoms with Gasteiger partial charge in [0.25, 0.3) is 5.91 Å². The number of amides is 2. The molecular weight excluding hydrogens is 237 g/mol. The maximum Gasteiger partial charge on any atom is 0.252 e. The van der Waals surface area contributed by atoms with Gasteiger partial charge in [-0.05, 0) is 6.07 Å². The minimum Gasteiger partial charge on any atom is -0.352 e. The first kappa shape index (κ1) is 12.5. The van der Waals surface area contributed by atoms with Gasteiger partial charge >= 0.3 is 0 Å². The number of rotatable bonds is 3. The largest absolute Gasteiger partial charge is 0.352 e. The van der Waals surface area contributed by atoms with Crippen LogP contribution in [-0.2, 0) is 4.79 Å². The normalized spacial score (nSPS) is 19.1. The molecule has 2 heterocycles. The Morgan fingerprint density at radius 3 is 3.00 bits per heavy atom. The molecule has 1 atom stereocenters. The molecule has 1 saturated heterocycles. The van der Waals surface area contributed by atoms with E-state index in [9.17, 15) is 14.0 Å². The lowest BCUT2D eigenvalue weighted by Gasteiger charge is -2.11. The summed E-state index contributed by atoms with van der Waals surface area (Å²) in [5.74, 6) is -0.711. The number of carbonyl (C=O) groups excluding carboxylic acids is 2. The quantitative estimate of drug-likeness (QED) is 0.847.